The van der Waals surface area contributed by atoms with Crippen molar-refractivity contribution in [1.29, 1.82) is 0 Å². The summed E-state index contributed by atoms with van der Waals surface area (Å²) < 4.78 is 13.5. The molecule has 0 radical (unpaired) electrons. The van der Waals surface area contributed by atoms with Crippen LogP contribution < -0.4 is 11.1 Å². The first kappa shape index (κ1) is 15.9. The van der Waals surface area contributed by atoms with Crippen molar-refractivity contribution in [1.82, 2.24) is 5.32 Å². The maximum absolute atomic E-state index is 13.5. The molecule has 0 spiro atoms. The smallest absolute Gasteiger partial charge is 0.225 e. The Labute approximate surface area is 117 Å². The van der Waals surface area contributed by atoms with Crippen molar-refractivity contribution in [3.05, 3.63) is 35.6 Å². The Bertz CT molecular complexity index is 499. The molecular weight excluding hydrogens is 261 g/mol. The van der Waals surface area contributed by atoms with E-state index in [1.165, 1.54) is 6.07 Å². The minimum absolute atomic E-state index is 0.0515. The fourth-order valence-electron chi connectivity index (χ4n) is 2.07. The molecule has 0 aromatic heterocycles. The Balaban J connectivity index is 2.85. The summed E-state index contributed by atoms with van der Waals surface area (Å²) in [6.07, 6.45) is 0.859. The quantitative estimate of drug-likeness (QED) is 0.321. The van der Waals surface area contributed by atoms with Crippen LogP contribution in [0.15, 0.2) is 29.4 Å². The molecule has 0 bridgehead atoms. The fourth-order valence-corrected chi connectivity index (χ4v) is 2.07. The first-order chi connectivity index (χ1) is 9.49. The first-order valence-electron chi connectivity index (χ1n) is 6.51. The summed E-state index contributed by atoms with van der Waals surface area (Å²) in [5.74, 6) is -0.847. The number of carbonyl (C=O) groups is 1. The van der Waals surface area contributed by atoms with Gasteiger partial charge in [0.1, 0.15) is 11.4 Å². The fraction of sp³-hybridized carbons (Fsp3) is 0.429. The highest BCUT2D eigenvalue weighted by Crippen LogP contribution is 2.16. The zero-order valence-corrected chi connectivity index (χ0v) is 11.7. The number of amidine groups is 1. The molecule has 0 heterocycles. The number of benzene rings is 1. The van der Waals surface area contributed by atoms with E-state index in [9.17, 15) is 9.18 Å². The molecule has 0 aliphatic rings. The molecule has 110 valence electrons. The molecule has 4 N–H and O–H groups in total. The van der Waals surface area contributed by atoms with E-state index in [1.807, 2.05) is 13.8 Å². The summed E-state index contributed by atoms with van der Waals surface area (Å²) in [4.78, 5) is 12.0. The standard InChI is InChI=1S/C14H20FN3O2/c1-3-14(4-2,13(16)18-20)17-12(19)9-10-7-5-6-8-11(10)15/h5-8,20H,3-4,9H2,1-2H3,(H2,16,18)(H,17,19). The van der Waals surface area contributed by atoms with Gasteiger partial charge in [-0.1, -0.05) is 37.2 Å². The van der Waals surface area contributed by atoms with Crippen LogP contribution in [0.5, 0.6) is 0 Å². The molecule has 1 aromatic carbocycles. The number of rotatable bonds is 6. The maximum atomic E-state index is 13.5. The van der Waals surface area contributed by atoms with Gasteiger partial charge in [0, 0.05) is 0 Å². The van der Waals surface area contributed by atoms with Crippen LogP contribution in [0.25, 0.3) is 0 Å². The highest BCUT2D eigenvalue weighted by atomic mass is 19.1. The minimum Gasteiger partial charge on any atom is -0.409 e. The second kappa shape index (κ2) is 6.88. The predicted molar refractivity (Wildman–Crippen MR) is 75.0 cm³/mol. The molecule has 0 saturated heterocycles. The monoisotopic (exact) mass is 281 g/mol. The topological polar surface area (TPSA) is 87.7 Å². The van der Waals surface area contributed by atoms with E-state index in [0.29, 0.717) is 18.4 Å². The number of nitrogens with two attached hydrogens (primary N) is 1. The van der Waals surface area contributed by atoms with Crippen molar-refractivity contribution in [2.45, 2.75) is 38.6 Å². The normalized spacial score (nSPS) is 12.2. The molecule has 20 heavy (non-hydrogen) atoms. The molecule has 6 heteroatoms. The third kappa shape index (κ3) is 3.46. The summed E-state index contributed by atoms with van der Waals surface area (Å²) in [6.45, 7) is 3.65. The van der Waals surface area contributed by atoms with Crippen LogP contribution in [0.3, 0.4) is 0 Å². The molecule has 0 aliphatic heterocycles. The lowest BCUT2D eigenvalue weighted by atomic mass is 9.91. The molecule has 1 aromatic rings. The maximum Gasteiger partial charge on any atom is 0.225 e. The summed E-state index contributed by atoms with van der Waals surface area (Å²) in [7, 11) is 0. The number of nitrogens with one attached hydrogen (secondary N) is 1. The molecule has 0 saturated carbocycles. The minimum atomic E-state index is -0.906. The number of carbonyl (C=O) groups excluding carboxylic acids is 1. The number of hydrogen-bond acceptors (Lipinski definition) is 3. The SMILES string of the molecule is CCC(CC)(NC(=O)Cc1ccccc1F)/C(N)=N/O. The van der Waals surface area contributed by atoms with Crippen molar-refractivity contribution in [2.24, 2.45) is 10.9 Å². The first-order valence-corrected chi connectivity index (χ1v) is 6.51. The number of oxime groups is 1. The molecule has 1 amide bonds. The Morgan fingerprint density at radius 3 is 2.50 bits per heavy atom. The Hall–Kier alpha value is -2.11. The lowest BCUT2D eigenvalue weighted by Gasteiger charge is -2.31. The predicted octanol–water partition coefficient (Wildman–Crippen LogP) is 1.79. The van der Waals surface area contributed by atoms with Gasteiger partial charge < -0.3 is 16.3 Å². The zero-order chi connectivity index (χ0) is 15.2. The third-order valence-electron chi connectivity index (χ3n) is 3.49. The summed E-state index contributed by atoms with van der Waals surface area (Å²) in [5.41, 5.74) is 5.06. The largest absolute Gasteiger partial charge is 0.409 e. The molecule has 5 nitrogen and oxygen atoms in total. The van der Waals surface area contributed by atoms with Crippen LogP contribution >= 0.6 is 0 Å². The van der Waals surface area contributed by atoms with Gasteiger partial charge in [-0.3, -0.25) is 4.79 Å². The molecular formula is C14H20FN3O2. The number of nitrogens with zero attached hydrogens (tertiary/aromatic N) is 1. The van der Waals surface area contributed by atoms with Gasteiger partial charge in [-0.2, -0.15) is 0 Å². The molecule has 0 unspecified atom stereocenters. The van der Waals surface area contributed by atoms with Crippen molar-refractivity contribution in [2.75, 3.05) is 0 Å². The molecule has 1 rings (SSSR count). The van der Waals surface area contributed by atoms with Crippen LogP contribution in [0.4, 0.5) is 4.39 Å². The van der Waals surface area contributed by atoms with Crippen molar-refractivity contribution < 1.29 is 14.4 Å². The van der Waals surface area contributed by atoms with E-state index in [2.05, 4.69) is 10.5 Å². The van der Waals surface area contributed by atoms with Crippen LogP contribution in [-0.2, 0) is 11.2 Å². The summed E-state index contributed by atoms with van der Waals surface area (Å²) in [5, 5.41) is 14.6. The number of amides is 1. The van der Waals surface area contributed by atoms with Crippen LogP contribution in [-0.4, -0.2) is 22.5 Å². The lowest BCUT2D eigenvalue weighted by Crippen LogP contribution is -2.57. The van der Waals surface area contributed by atoms with Gasteiger partial charge in [-0.25, -0.2) is 4.39 Å². The van der Waals surface area contributed by atoms with Gasteiger partial charge in [0.05, 0.1) is 6.42 Å². The van der Waals surface area contributed by atoms with Gasteiger partial charge in [0.25, 0.3) is 0 Å². The van der Waals surface area contributed by atoms with Crippen LogP contribution in [0, 0.1) is 5.82 Å². The van der Waals surface area contributed by atoms with E-state index >= 15 is 0 Å². The van der Waals surface area contributed by atoms with Crippen molar-refractivity contribution >= 4 is 11.7 Å². The second-order valence-corrected chi connectivity index (χ2v) is 4.59. The van der Waals surface area contributed by atoms with E-state index in [1.54, 1.807) is 18.2 Å². The zero-order valence-electron chi connectivity index (χ0n) is 11.7. The lowest BCUT2D eigenvalue weighted by molar-refractivity contribution is -0.121. The number of halogens is 1. The van der Waals surface area contributed by atoms with E-state index in [0.717, 1.165) is 0 Å². The molecule has 0 aliphatic carbocycles. The number of hydrogen-bond donors (Lipinski definition) is 3. The van der Waals surface area contributed by atoms with E-state index in [4.69, 9.17) is 10.9 Å². The van der Waals surface area contributed by atoms with Gasteiger partial charge in [0.2, 0.25) is 5.91 Å². The highest BCUT2D eigenvalue weighted by Gasteiger charge is 2.33. The highest BCUT2D eigenvalue weighted by molar-refractivity contribution is 5.94. The van der Waals surface area contributed by atoms with E-state index < -0.39 is 11.4 Å². The van der Waals surface area contributed by atoms with Gasteiger partial charge >= 0.3 is 0 Å². The second-order valence-electron chi connectivity index (χ2n) is 4.59. The summed E-state index contributed by atoms with van der Waals surface area (Å²) >= 11 is 0. The van der Waals surface area contributed by atoms with Crippen LogP contribution in [0.2, 0.25) is 0 Å². The average molecular weight is 281 g/mol. The average Bonchev–Trinajstić information content (AvgIpc) is 2.46. The van der Waals surface area contributed by atoms with Crippen molar-refractivity contribution in [3.8, 4) is 0 Å². The third-order valence-corrected chi connectivity index (χ3v) is 3.49. The van der Waals surface area contributed by atoms with Gasteiger partial charge in [0.15, 0.2) is 5.84 Å². The Morgan fingerprint density at radius 2 is 2.00 bits per heavy atom. The Kier molecular flexibility index (Phi) is 5.49. The van der Waals surface area contributed by atoms with Crippen molar-refractivity contribution in [3.63, 3.8) is 0 Å². The van der Waals surface area contributed by atoms with Gasteiger partial charge in [-0.05, 0) is 24.5 Å². The van der Waals surface area contributed by atoms with E-state index in [-0.39, 0.29) is 18.2 Å². The van der Waals surface area contributed by atoms with Gasteiger partial charge in [-0.15, -0.1) is 0 Å². The Morgan fingerprint density at radius 1 is 1.40 bits per heavy atom. The van der Waals surface area contributed by atoms with Crippen LogP contribution in [0.1, 0.15) is 32.3 Å². The summed E-state index contributed by atoms with van der Waals surface area (Å²) in [6, 6.07) is 6.09. The molecule has 0 fully saturated rings. The molecule has 0 atom stereocenters.